The number of carbonyl (C=O) groups is 2. The lowest BCUT2D eigenvalue weighted by molar-refractivity contribution is -0.116. The molecule has 0 aliphatic heterocycles. The average molecular weight is 373 g/mol. The molecule has 0 aromatic heterocycles. The zero-order valence-electron chi connectivity index (χ0n) is 15.8. The SMILES string of the molecule is COc1ccc(C(=O)CCC(=O)Nc2cc(OC)c(OC)c(OC)c2)cc1. The van der Waals surface area contributed by atoms with E-state index < -0.39 is 0 Å². The maximum atomic E-state index is 12.2. The first-order chi connectivity index (χ1) is 13.0. The van der Waals surface area contributed by atoms with Crippen molar-refractivity contribution in [1.82, 2.24) is 0 Å². The Morgan fingerprint density at radius 3 is 1.89 bits per heavy atom. The molecule has 144 valence electrons. The van der Waals surface area contributed by atoms with Crippen LogP contribution in [0.25, 0.3) is 0 Å². The number of benzene rings is 2. The average Bonchev–Trinajstić information content (AvgIpc) is 2.71. The number of rotatable bonds is 9. The molecule has 27 heavy (non-hydrogen) atoms. The van der Waals surface area contributed by atoms with Gasteiger partial charge in [-0.3, -0.25) is 9.59 Å². The lowest BCUT2D eigenvalue weighted by atomic mass is 10.1. The molecule has 2 rings (SSSR count). The molecular weight excluding hydrogens is 350 g/mol. The van der Waals surface area contributed by atoms with Crippen molar-refractivity contribution < 1.29 is 28.5 Å². The first-order valence-corrected chi connectivity index (χ1v) is 8.29. The molecule has 1 N–H and O–H groups in total. The van der Waals surface area contributed by atoms with Gasteiger partial charge in [0.05, 0.1) is 28.4 Å². The van der Waals surface area contributed by atoms with E-state index >= 15 is 0 Å². The van der Waals surface area contributed by atoms with E-state index in [0.717, 1.165) is 0 Å². The summed E-state index contributed by atoms with van der Waals surface area (Å²) >= 11 is 0. The summed E-state index contributed by atoms with van der Waals surface area (Å²) < 4.78 is 20.8. The van der Waals surface area contributed by atoms with Crippen molar-refractivity contribution in [3.8, 4) is 23.0 Å². The van der Waals surface area contributed by atoms with E-state index in [1.807, 2.05) is 0 Å². The van der Waals surface area contributed by atoms with Gasteiger partial charge in [0.2, 0.25) is 11.7 Å². The largest absolute Gasteiger partial charge is 0.497 e. The van der Waals surface area contributed by atoms with Crippen molar-refractivity contribution in [2.24, 2.45) is 0 Å². The number of hydrogen-bond acceptors (Lipinski definition) is 6. The molecule has 1 amide bonds. The fraction of sp³-hybridized carbons (Fsp3) is 0.300. The molecule has 0 fully saturated rings. The summed E-state index contributed by atoms with van der Waals surface area (Å²) in [4.78, 5) is 24.4. The van der Waals surface area contributed by atoms with E-state index in [1.54, 1.807) is 43.5 Å². The first-order valence-electron chi connectivity index (χ1n) is 8.29. The van der Waals surface area contributed by atoms with Crippen LogP contribution in [0.5, 0.6) is 23.0 Å². The van der Waals surface area contributed by atoms with Crippen LogP contribution in [0.1, 0.15) is 23.2 Å². The number of anilines is 1. The molecule has 0 atom stereocenters. The molecule has 0 aliphatic carbocycles. The third-order valence-corrected chi connectivity index (χ3v) is 3.94. The molecule has 0 radical (unpaired) electrons. The Balaban J connectivity index is 1.99. The fourth-order valence-electron chi connectivity index (χ4n) is 2.53. The van der Waals surface area contributed by atoms with Crippen LogP contribution in [-0.4, -0.2) is 40.1 Å². The molecule has 7 nitrogen and oxygen atoms in total. The Bertz CT molecular complexity index is 776. The van der Waals surface area contributed by atoms with E-state index in [-0.39, 0.29) is 24.5 Å². The smallest absolute Gasteiger partial charge is 0.224 e. The minimum absolute atomic E-state index is 0.0571. The lowest BCUT2D eigenvalue weighted by Gasteiger charge is -2.14. The molecule has 0 heterocycles. The van der Waals surface area contributed by atoms with Crippen LogP contribution >= 0.6 is 0 Å². The summed E-state index contributed by atoms with van der Waals surface area (Å²) in [6.07, 6.45) is 0.157. The number of carbonyl (C=O) groups excluding carboxylic acids is 2. The molecule has 0 aliphatic rings. The minimum Gasteiger partial charge on any atom is -0.497 e. The lowest BCUT2D eigenvalue weighted by Crippen LogP contribution is -2.14. The van der Waals surface area contributed by atoms with Crippen LogP contribution in [0, 0.1) is 0 Å². The van der Waals surface area contributed by atoms with Gasteiger partial charge in [-0.05, 0) is 24.3 Å². The molecule has 0 bridgehead atoms. The van der Waals surface area contributed by atoms with Gasteiger partial charge in [0, 0.05) is 36.2 Å². The molecule has 0 spiro atoms. The van der Waals surface area contributed by atoms with Crippen molar-refractivity contribution in [1.29, 1.82) is 0 Å². The summed E-state index contributed by atoms with van der Waals surface area (Å²) in [5.41, 5.74) is 1.03. The molecule has 7 heteroatoms. The van der Waals surface area contributed by atoms with Gasteiger partial charge in [0.15, 0.2) is 17.3 Å². The number of hydrogen-bond donors (Lipinski definition) is 1. The zero-order valence-corrected chi connectivity index (χ0v) is 15.8. The maximum absolute atomic E-state index is 12.2. The van der Waals surface area contributed by atoms with Crippen LogP contribution in [0.3, 0.4) is 0 Å². The molecule has 2 aromatic carbocycles. The number of ketones is 1. The summed E-state index contributed by atoms with van der Waals surface area (Å²) in [6, 6.07) is 10.0. The third kappa shape index (κ3) is 5.13. The zero-order chi connectivity index (χ0) is 19.8. The van der Waals surface area contributed by atoms with Crippen molar-refractivity contribution in [2.75, 3.05) is 33.8 Å². The number of amides is 1. The van der Waals surface area contributed by atoms with Gasteiger partial charge in [-0.25, -0.2) is 0 Å². The Kier molecular flexibility index (Phi) is 7.05. The van der Waals surface area contributed by atoms with Crippen molar-refractivity contribution in [3.05, 3.63) is 42.0 Å². The first kappa shape index (κ1) is 20.1. The second-order valence-electron chi connectivity index (χ2n) is 5.61. The van der Waals surface area contributed by atoms with E-state index in [2.05, 4.69) is 5.32 Å². The van der Waals surface area contributed by atoms with Crippen LogP contribution in [0.15, 0.2) is 36.4 Å². The van der Waals surface area contributed by atoms with Crippen molar-refractivity contribution >= 4 is 17.4 Å². The van der Waals surface area contributed by atoms with Gasteiger partial charge in [-0.15, -0.1) is 0 Å². The van der Waals surface area contributed by atoms with Gasteiger partial charge >= 0.3 is 0 Å². The van der Waals surface area contributed by atoms with Gasteiger partial charge in [-0.2, -0.15) is 0 Å². The monoisotopic (exact) mass is 373 g/mol. The van der Waals surface area contributed by atoms with Crippen LogP contribution in [-0.2, 0) is 4.79 Å². The quantitative estimate of drug-likeness (QED) is 0.679. The normalized spacial score (nSPS) is 10.1. The highest BCUT2D eigenvalue weighted by atomic mass is 16.5. The number of methoxy groups -OCH3 is 4. The van der Waals surface area contributed by atoms with E-state index in [4.69, 9.17) is 18.9 Å². The highest BCUT2D eigenvalue weighted by molar-refractivity contribution is 6.00. The highest BCUT2D eigenvalue weighted by Crippen LogP contribution is 2.39. The predicted octanol–water partition coefficient (Wildman–Crippen LogP) is 3.32. The highest BCUT2D eigenvalue weighted by Gasteiger charge is 2.15. The van der Waals surface area contributed by atoms with Gasteiger partial charge in [0.1, 0.15) is 5.75 Å². The summed E-state index contributed by atoms with van der Waals surface area (Å²) in [7, 11) is 6.06. The topological polar surface area (TPSA) is 83.1 Å². The van der Waals surface area contributed by atoms with Crippen LogP contribution < -0.4 is 24.3 Å². The van der Waals surface area contributed by atoms with Crippen LogP contribution in [0.4, 0.5) is 5.69 Å². The van der Waals surface area contributed by atoms with E-state index in [1.165, 1.54) is 21.3 Å². The standard InChI is InChI=1S/C20H23NO6/c1-24-15-7-5-13(6-8-15)16(22)9-10-19(23)21-14-11-17(25-2)20(27-4)18(12-14)26-3/h5-8,11-12H,9-10H2,1-4H3,(H,21,23). The Labute approximate surface area is 158 Å². The second kappa shape index (κ2) is 9.47. The summed E-state index contributed by atoms with van der Waals surface area (Å²) in [6.45, 7) is 0. The van der Waals surface area contributed by atoms with Crippen molar-refractivity contribution in [3.63, 3.8) is 0 Å². The fourth-order valence-corrected chi connectivity index (χ4v) is 2.53. The van der Waals surface area contributed by atoms with Crippen molar-refractivity contribution in [2.45, 2.75) is 12.8 Å². The van der Waals surface area contributed by atoms with E-state index in [0.29, 0.717) is 34.2 Å². The molecule has 0 saturated heterocycles. The number of nitrogens with one attached hydrogen (secondary N) is 1. The predicted molar refractivity (Wildman–Crippen MR) is 101 cm³/mol. The Morgan fingerprint density at radius 1 is 0.815 bits per heavy atom. The number of ether oxygens (including phenoxy) is 4. The molecule has 0 saturated carbocycles. The second-order valence-corrected chi connectivity index (χ2v) is 5.61. The van der Waals surface area contributed by atoms with Gasteiger partial charge in [-0.1, -0.05) is 0 Å². The molecule has 0 unspecified atom stereocenters. The Morgan fingerprint density at radius 2 is 1.41 bits per heavy atom. The van der Waals surface area contributed by atoms with E-state index in [9.17, 15) is 9.59 Å². The summed E-state index contributed by atoms with van der Waals surface area (Å²) in [5.74, 6) is 1.58. The summed E-state index contributed by atoms with van der Waals surface area (Å²) in [5, 5.41) is 2.74. The third-order valence-electron chi connectivity index (χ3n) is 3.94. The van der Waals surface area contributed by atoms with Gasteiger partial charge < -0.3 is 24.3 Å². The number of Topliss-reactive ketones (excluding diaryl/α,β-unsaturated/α-hetero) is 1. The minimum atomic E-state index is -0.286. The molecule has 2 aromatic rings. The Hall–Kier alpha value is -3.22. The molecular formula is C20H23NO6. The maximum Gasteiger partial charge on any atom is 0.224 e. The van der Waals surface area contributed by atoms with Crippen LogP contribution in [0.2, 0.25) is 0 Å². The van der Waals surface area contributed by atoms with Gasteiger partial charge in [0.25, 0.3) is 0 Å².